The summed E-state index contributed by atoms with van der Waals surface area (Å²) in [7, 11) is 0. The average molecular weight is 593 g/mol. The van der Waals surface area contributed by atoms with E-state index in [0.29, 0.717) is 28.5 Å². The van der Waals surface area contributed by atoms with Gasteiger partial charge in [0.05, 0.1) is 30.0 Å². The van der Waals surface area contributed by atoms with Gasteiger partial charge in [-0.25, -0.2) is 10.2 Å². The van der Waals surface area contributed by atoms with E-state index in [-0.39, 0.29) is 28.8 Å². The van der Waals surface area contributed by atoms with Crippen molar-refractivity contribution in [1.29, 1.82) is 0 Å². The van der Waals surface area contributed by atoms with Crippen molar-refractivity contribution in [2.24, 2.45) is 5.10 Å². The molecule has 0 aromatic heterocycles. The molecule has 0 aliphatic carbocycles. The molecule has 0 aliphatic heterocycles. The first-order chi connectivity index (χ1) is 17.3. The highest BCUT2D eigenvalue weighted by atomic mass is 79.9. The Morgan fingerprint density at radius 3 is 2.56 bits per heavy atom. The average Bonchev–Trinajstić information content (AvgIpc) is 2.84. The van der Waals surface area contributed by atoms with E-state index in [1.165, 1.54) is 30.5 Å². The van der Waals surface area contributed by atoms with E-state index in [1.54, 1.807) is 43.3 Å². The van der Waals surface area contributed by atoms with Gasteiger partial charge < -0.3 is 14.8 Å². The Hall–Kier alpha value is -3.40. The first-order valence-electron chi connectivity index (χ1n) is 10.6. The second kappa shape index (κ2) is 13.1. The Balaban J connectivity index is 1.59. The van der Waals surface area contributed by atoms with Crippen LogP contribution in [0.3, 0.4) is 0 Å². The lowest BCUT2D eigenvalue weighted by atomic mass is 10.2. The maximum Gasteiger partial charge on any atom is 0.345 e. The molecule has 3 aromatic carbocycles. The van der Waals surface area contributed by atoms with E-state index in [0.717, 1.165) is 4.47 Å². The molecule has 186 valence electrons. The number of hydrogen-bond donors (Lipinski definition) is 2. The normalized spacial score (nSPS) is 10.7. The van der Waals surface area contributed by atoms with Gasteiger partial charge in [0.1, 0.15) is 0 Å². The minimum Gasteiger partial charge on any atom is -0.490 e. The molecule has 36 heavy (non-hydrogen) atoms. The fourth-order valence-corrected chi connectivity index (χ4v) is 3.76. The van der Waals surface area contributed by atoms with Crippen LogP contribution in [-0.4, -0.2) is 37.1 Å². The van der Waals surface area contributed by atoms with Crippen LogP contribution in [0.4, 0.5) is 0 Å². The van der Waals surface area contributed by atoms with Crippen LogP contribution >= 0.6 is 39.1 Å². The summed E-state index contributed by atoms with van der Waals surface area (Å²) in [5.41, 5.74) is 3.48. The van der Waals surface area contributed by atoms with Gasteiger partial charge in [-0.15, -0.1) is 0 Å². The minimum absolute atomic E-state index is 0.156. The van der Waals surface area contributed by atoms with Gasteiger partial charge >= 0.3 is 5.97 Å². The van der Waals surface area contributed by atoms with Crippen molar-refractivity contribution in [3.63, 3.8) is 0 Å². The zero-order valence-electron chi connectivity index (χ0n) is 18.9. The molecule has 0 aliphatic rings. The van der Waals surface area contributed by atoms with E-state index in [1.807, 2.05) is 0 Å². The van der Waals surface area contributed by atoms with Crippen molar-refractivity contribution in [2.45, 2.75) is 6.92 Å². The van der Waals surface area contributed by atoms with Crippen LogP contribution in [0, 0.1) is 0 Å². The fourth-order valence-electron chi connectivity index (χ4n) is 2.88. The monoisotopic (exact) mass is 591 g/mol. The summed E-state index contributed by atoms with van der Waals surface area (Å²) in [5.74, 6) is -1.08. The number of nitrogens with zero attached hydrogens (tertiary/aromatic N) is 1. The molecule has 3 rings (SSSR count). The molecule has 0 saturated heterocycles. The summed E-state index contributed by atoms with van der Waals surface area (Å²) in [6.07, 6.45) is 1.39. The van der Waals surface area contributed by atoms with Crippen LogP contribution in [0.5, 0.6) is 11.5 Å². The van der Waals surface area contributed by atoms with E-state index < -0.39 is 11.9 Å². The molecule has 0 radical (unpaired) electrons. The zero-order chi connectivity index (χ0) is 26.1. The molecule has 0 bridgehead atoms. The van der Waals surface area contributed by atoms with Gasteiger partial charge in [-0.3, -0.25) is 9.59 Å². The number of hydrazone groups is 1. The van der Waals surface area contributed by atoms with Gasteiger partial charge in [0.25, 0.3) is 11.8 Å². The van der Waals surface area contributed by atoms with Crippen LogP contribution in [-0.2, 0) is 4.79 Å². The van der Waals surface area contributed by atoms with Crippen molar-refractivity contribution in [3.8, 4) is 11.5 Å². The minimum atomic E-state index is -0.670. The predicted octanol–water partition coefficient (Wildman–Crippen LogP) is 5.25. The SMILES string of the molecule is CCOc1cc(/C=N\NC(=O)CNC(=O)c2cccc(Br)c2)ccc1OC(=O)c1ccc(Cl)cc1Cl. The third kappa shape index (κ3) is 7.81. The van der Waals surface area contributed by atoms with Crippen molar-refractivity contribution in [2.75, 3.05) is 13.2 Å². The molecule has 8 nitrogen and oxygen atoms in total. The van der Waals surface area contributed by atoms with Crippen LogP contribution in [0.1, 0.15) is 33.2 Å². The van der Waals surface area contributed by atoms with Crippen molar-refractivity contribution in [1.82, 2.24) is 10.7 Å². The number of hydrogen-bond acceptors (Lipinski definition) is 6. The maximum absolute atomic E-state index is 12.5. The molecule has 0 saturated carbocycles. The summed E-state index contributed by atoms with van der Waals surface area (Å²) in [5, 5.41) is 6.97. The number of carbonyl (C=O) groups is 3. The number of halogens is 3. The number of amides is 2. The Morgan fingerprint density at radius 2 is 1.83 bits per heavy atom. The van der Waals surface area contributed by atoms with Crippen molar-refractivity contribution < 1.29 is 23.9 Å². The Kier molecular flexibility index (Phi) is 9.86. The number of benzene rings is 3. The summed E-state index contributed by atoms with van der Waals surface area (Å²) in [6.45, 7) is 1.85. The summed E-state index contributed by atoms with van der Waals surface area (Å²) in [4.78, 5) is 36.7. The number of carbonyl (C=O) groups excluding carboxylic acids is 3. The van der Waals surface area contributed by atoms with Crippen LogP contribution < -0.4 is 20.2 Å². The summed E-state index contributed by atoms with van der Waals surface area (Å²) in [6, 6.07) is 16.0. The predicted molar refractivity (Wildman–Crippen MR) is 141 cm³/mol. The summed E-state index contributed by atoms with van der Waals surface area (Å²) >= 11 is 15.2. The fraction of sp³-hybridized carbons (Fsp3) is 0.120. The van der Waals surface area contributed by atoms with Gasteiger partial charge in [-0.05, 0) is 67.1 Å². The quantitative estimate of drug-likeness (QED) is 0.153. The van der Waals surface area contributed by atoms with Crippen molar-refractivity contribution in [3.05, 3.63) is 91.9 Å². The molecule has 2 amide bonds. The van der Waals surface area contributed by atoms with Crippen LogP contribution in [0.15, 0.2) is 70.2 Å². The molecular formula is C25H20BrCl2N3O5. The van der Waals surface area contributed by atoms with Crippen LogP contribution in [0.25, 0.3) is 0 Å². The first-order valence-corrected chi connectivity index (χ1v) is 12.1. The Bertz CT molecular complexity index is 1320. The van der Waals surface area contributed by atoms with Gasteiger partial charge in [0.15, 0.2) is 11.5 Å². The number of rotatable bonds is 9. The van der Waals surface area contributed by atoms with Gasteiger partial charge in [-0.1, -0.05) is 45.2 Å². The number of ether oxygens (including phenoxy) is 2. The number of esters is 1. The van der Waals surface area contributed by atoms with Gasteiger partial charge in [0, 0.05) is 15.1 Å². The highest BCUT2D eigenvalue weighted by molar-refractivity contribution is 9.10. The molecule has 0 spiro atoms. The molecule has 0 atom stereocenters. The second-order valence-electron chi connectivity index (χ2n) is 7.14. The Labute approximate surface area is 225 Å². The molecule has 11 heteroatoms. The highest BCUT2D eigenvalue weighted by Gasteiger charge is 2.16. The summed E-state index contributed by atoms with van der Waals surface area (Å²) < 4.78 is 11.8. The molecular weight excluding hydrogens is 573 g/mol. The molecule has 0 fully saturated rings. The molecule has 2 N–H and O–H groups in total. The smallest absolute Gasteiger partial charge is 0.345 e. The highest BCUT2D eigenvalue weighted by Crippen LogP contribution is 2.30. The van der Waals surface area contributed by atoms with Gasteiger partial charge in [-0.2, -0.15) is 5.10 Å². The number of nitrogens with one attached hydrogen (secondary N) is 2. The first kappa shape index (κ1) is 27.2. The van der Waals surface area contributed by atoms with Crippen LogP contribution in [0.2, 0.25) is 10.0 Å². The standard InChI is InChI=1S/C25H20BrCl2N3O5/c1-2-35-22-10-15(6-9-21(22)36-25(34)19-8-7-18(27)12-20(19)28)13-30-31-23(32)14-29-24(33)16-4-3-5-17(26)11-16/h3-13H,2,14H2,1H3,(H,29,33)(H,31,32)/b30-13-. The van der Waals surface area contributed by atoms with Crippen molar-refractivity contribution >= 4 is 63.1 Å². The van der Waals surface area contributed by atoms with E-state index in [9.17, 15) is 14.4 Å². The topological polar surface area (TPSA) is 106 Å². The lowest BCUT2D eigenvalue weighted by molar-refractivity contribution is -0.120. The lowest BCUT2D eigenvalue weighted by Gasteiger charge is -2.12. The molecule has 0 unspecified atom stereocenters. The van der Waals surface area contributed by atoms with E-state index in [2.05, 4.69) is 31.8 Å². The lowest BCUT2D eigenvalue weighted by Crippen LogP contribution is -2.34. The van der Waals surface area contributed by atoms with E-state index >= 15 is 0 Å². The Morgan fingerprint density at radius 1 is 1.03 bits per heavy atom. The maximum atomic E-state index is 12.5. The third-order valence-electron chi connectivity index (χ3n) is 4.52. The molecule has 0 heterocycles. The zero-order valence-corrected chi connectivity index (χ0v) is 22.0. The largest absolute Gasteiger partial charge is 0.490 e. The van der Waals surface area contributed by atoms with E-state index in [4.69, 9.17) is 32.7 Å². The van der Waals surface area contributed by atoms with Gasteiger partial charge in [0.2, 0.25) is 0 Å². The second-order valence-corrected chi connectivity index (χ2v) is 8.90. The third-order valence-corrected chi connectivity index (χ3v) is 5.56. The molecule has 3 aromatic rings.